The van der Waals surface area contributed by atoms with Crippen molar-refractivity contribution in [3.8, 4) is 0 Å². The standard InChI is InChI=1S/C17H26N2O/c1-12-4-7-15(8-5-12)19-17(20)11-18-16-9-6-13(2)10-14(16)3/h6,9-10,12,15,18H,4-5,7-8,11H2,1-3H3,(H,19,20). The molecule has 3 nitrogen and oxygen atoms in total. The fraction of sp³-hybridized carbons (Fsp3) is 0.588. The lowest BCUT2D eigenvalue weighted by atomic mass is 9.87. The molecule has 0 aliphatic heterocycles. The van der Waals surface area contributed by atoms with Gasteiger partial charge in [-0.2, -0.15) is 0 Å². The Labute approximate surface area is 122 Å². The summed E-state index contributed by atoms with van der Waals surface area (Å²) >= 11 is 0. The molecule has 20 heavy (non-hydrogen) atoms. The SMILES string of the molecule is Cc1ccc(NCC(=O)NC2CCC(C)CC2)c(C)c1. The summed E-state index contributed by atoms with van der Waals surface area (Å²) in [4.78, 5) is 12.0. The molecule has 0 heterocycles. The van der Waals surface area contributed by atoms with Crippen molar-refractivity contribution in [1.29, 1.82) is 0 Å². The van der Waals surface area contributed by atoms with Crippen molar-refractivity contribution in [3.05, 3.63) is 29.3 Å². The Bertz CT molecular complexity index is 462. The highest BCUT2D eigenvalue weighted by Crippen LogP contribution is 2.23. The third-order valence-corrected chi connectivity index (χ3v) is 4.20. The minimum Gasteiger partial charge on any atom is -0.376 e. The van der Waals surface area contributed by atoms with Crippen LogP contribution in [0.25, 0.3) is 0 Å². The molecular formula is C17H26N2O. The highest BCUT2D eigenvalue weighted by atomic mass is 16.1. The van der Waals surface area contributed by atoms with E-state index in [1.165, 1.54) is 24.0 Å². The van der Waals surface area contributed by atoms with Gasteiger partial charge in [0.15, 0.2) is 0 Å². The van der Waals surface area contributed by atoms with E-state index < -0.39 is 0 Å². The second-order valence-electron chi connectivity index (χ2n) is 6.20. The number of hydrogen-bond acceptors (Lipinski definition) is 2. The normalized spacial score (nSPS) is 22.4. The van der Waals surface area contributed by atoms with Crippen molar-refractivity contribution in [3.63, 3.8) is 0 Å². The maximum absolute atomic E-state index is 12.0. The maximum Gasteiger partial charge on any atom is 0.239 e. The summed E-state index contributed by atoms with van der Waals surface area (Å²) in [6.07, 6.45) is 4.71. The van der Waals surface area contributed by atoms with Crippen LogP contribution in [0.15, 0.2) is 18.2 Å². The first-order chi connectivity index (χ1) is 9.54. The molecule has 0 spiro atoms. The van der Waals surface area contributed by atoms with Crippen LogP contribution >= 0.6 is 0 Å². The van der Waals surface area contributed by atoms with Gasteiger partial charge in [0.1, 0.15) is 0 Å². The van der Waals surface area contributed by atoms with Gasteiger partial charge in [0.25, 0.3) is 0 Å². The van der Waals surface area contributed by atoms with Crippen LogP contribution in [0.1, 0.15) is 43.7 Å². The van der Waals surface area contributed by atoms with Gasteiger partial charge in [-0.3, -0.25) is 4.79 Å². The Kier molecular flexibility index (Phi) is 5.05. The number of nitrogens with one attached hydrogen (secondary N) is 2. The highest BCUT2D eigenvalue weighted by molar-refractivity contribution is 5.81. The van der Waals surface area contributed by atoms with Crippen molar-refractivity contribution in [2.24, 2.45) is 5.92 Å². The minimum absolute atomic E-state index is 0.101. The van der Waals surface area contributed by atoms with Crippen LogP contribution in [0.2, 0.25) is 0 Å². The quantitative estimate of drug-likeness (QED) is 0.883. The van der Waals surface area contributed by atoms with Gasteiger partial charge in [-0.1, -0.05) is 24.6 Å². The Morgan fingerprint density at radius 2 is 1.90 bits per heavy atom. The van der Waals surface area contributed by atoms with E-state index in [0.29, 0.717) is 12.6 Å². The average molecular weight is 274 g/mol. The Morgan fingerprint density at radius 3 is 2.55 bits per heavy atom. The molecule has 3 heteroatoms. The maximum atomic E-state index is 12.0. The Balaban J connectivity index is 1.77. The van der Waals surface area contributed by atoms with Gasteiger partial charge in [-0.25, -0.2) is 0 Å². The van der Waals surface area contributed by atoms with Crippen LogP contribution in [-0.2, 0) is 4.79 Å². The van der Waals surface area contributed by atoms with E-state index in [0.717, 1.165) is 24.4 Å². The second kappa shape index (κ2) is 6.78. The van der Waals surface area contributed by atoms with E-state index >= 15 is 0 Å². The topological polar surface area (TPSA) is 41.1 Å². The van der Waals surface area contributed by atoms with E-state index in [4.69, 9.17) is 0 Å². The number of aryl methyl sites for hydroxylation is 2. The first-order valence-corrected chi connectivity index (χ1v) is 7.65. The molecule has 110 valence electrons. The predicted molar refractivity (Wildman–Crippen MR) is 84.0 cm³/mol. The van der Waals surface area contributed by atoms with Gasteiger partial charge >= 0.3 is 0 Å². The Morgan fingerprint density at radius 1 is 1.20 bits per heavy atom. The van der Waals surface area contributed by atoms with Gasteiger partial charge in [0.2, 0.25) is 5.91 Å². The molecule has 0 radical (unpaired) electrons. The fourth-order valence-corrected chi connectivity index (χ4v) is 2.87. The van der Waals surface area contributed by atoms with Crippen molar-refractivity contribution < 1.29 is 4.79 Å². The van der Waals surface area contributed by atoms with Gasteiger partial charge in [-0.05, 0) is 57.1 Å². The van der Waals surface area contributed by atoms with Crippen LogP contribution in [0.5, 0.6) is 0 Å². The van der Waals surface area contributed by atoms with E-state index in [1.54, 1.807) is 0 Å². The van der Waals surface area contributed by atoms with E-state index in [1.807, 2.05) is 6.07 Å². The minimum atomic E-state index is 0.101. The number of carbonyl (C=O) groups is 1. The summed E-state index contributed by atoms with van der Waals surface area (Å²) < 4.78 is 0. The smallest absolute Gasteiger partial charge is 0.239 e. The lowest BCUT2D eigenvalue weighted by Gasteiger charge is -2.27. The number of hydrogen-bond donors (Lipinski definition) is 2. The summed E-state index contributed by atoms with van der Waals surface area (Å²) in [7, 11) is 0. The molecule has 1 amide bonds. The lowest BCUT2D eigenvalue weighted by Crippen LogP contribution is -2.40. The van der Waals surface area contributed by atoms with E-state index in [-0.39, 0.29) is 5.91 Å². The molecule has 2 N–H and O–H groups in total. The molecule has 0 saturated heterocycles. The number of carbonyl (C=O) groups excluding carboxylic acids is 1. The molecule has 0 aromatic heterocycles. The predicted octanol–water partition coefficient (Wildman–Crippen LogP) is 3.41. The van der Waals surface area contributed by atoms with Gasteiger partial charge < -0.3 is 10.6 Å². The van der Waals surface area contributed by atoms with Crippen molar-refractivity contribution in [2.75, 3.05) is 11.9 Å². The highest BCUT2D eigenvalue weighted by Gasteiger charge is 2.19. The van der Waals surface area contributed by atoms with Crippen LogP contribution in [0.4, 0.5) is 5.69 Å². The fourth-order valence-electron chi connectivity index (χ4n) is 2.87. The third-order valence-electron chi connectivity index (χ3n) is 4.20. The zero-order valence-corrected chi connectivity index (χ0v) is 12.8. The van der Waals surface area contributed by atoms with Gasteiger partial charge in [-0.15, -0.1) is 0 Å². The number of amides is 1. The molecule has 1 fully saturated rings. The molecule has 1 saturated carbocycles. The average Bonchev–Trinajstić information content (AvgIpc) is 2.40. The largest absolute Gasteiger partial charge is 0.376 e. The number of benzene rings is 1. The first kappa shape index (κ1) is 14.9. The summed E-state index contributed by atoms with van der Waals surface area (Å²) in [5.74, 6) is 0.918. The second-order valence-corrected chi connectivity index (χ2v) is 6.20. The molecular weight excluding hydrogens is 248 g/mol. The first-order valence-electron chi connectivity index (χ1n) is 7.65. The van der Waals surface area contributed by atoms with Crippen molar-refractivity contribution in [2.45, 2.75) is 52.5 Å². The summed E-state index contributed by atoms with van der Waals surface area (Å²) in [5.41, 5.74) is 3.47. The van der Waals surface area contributed by atoms with Crippen LogP contribution in [0, 0.1) is 19.8 Å². The van der Waals surface area contributed by atoms with Crippen molar-refractivity contribution in [1.82, 2.24) is 5.32 Å². The molecule has 1 aliphatic carbocycles. The van der Waals surface area contributed by atoms with Crippen molar-refractivity contribution >= 4 is 11.6 Å². The van der Waals surface area contributed by atoms with Gasteiger partial charge in [0.05, 0.1) is 6.54 Å². The zero-order chi connectivity index (χ0) is 14.5. The molecule has 0 unspecified atom stereocenters. The van der Waals surface area contributed by atoms with Crippen LogP contribution < -0.4 is 10.6 Å². The number of rotatable bonds is 4. The van der Waals surface area contributed by atoms with Gasteiger partial charge in [0, 0.05) is 11.7 Å². The monoisotopic (exact) mass is 274 g/mol. The van der Waals surface area contributed by atoms with E-state index in [9.17, 15) is 4.79 Å². The number of anilines is 1. The zero-order valence-electron chi connectivity index (χ0n) is 12.8. The summed E-state index contributed by atoms with van der Waals surface area (Å²) in [6, 6.07) is 6.61. The molecule has 1 aromatic rings. The summed E-state index contributed by atoms with van der Waals surface area (Å²) in [5, 5.41) is 6.37. The third kappa shape index (κ3) is 4.26. The molecule has 1 aromatic carbocycles. The van der Waals surface area contributed by atoms with Crippen LogP contribution in [-0.4, -0.2) is 18.5 Å². The lowest BCUT2D eigenvalue weighted by molar-refractivity contribution is -0.120. The molecule has 1 aliphatic rings. The Hall–Kier alpha value is -1.51. The molecule has 0 atom stereocenters. The summed E-state index contributed by atoms with van der Waals surface area (Å²) in [6.45, 7) is 6.79. The molecule has 2 rings (SSSR count). The van der Waals surface area contributed by atoms with Crippen LogP contribution in [0.3, 0.4) is 0 Å². The van der Waals surface area contributed by atoms with E-state index in [2.05, 4.69) is 43.5 Å². The molecule has 0 bridgehead atoms.